The lowest BCUT2D eigenvalue weighted by molar-refractivity contribution is 0.102. The molecule has 2 N–H and O–H groups in total. The second-order valence-corrected chi connectivity index (χ2v) is 6.33. The second kappa shape index (κ2) is 4.50. The molecule has 102 valence electrons. The molecule has 0 aliphatic carbocycles. The number of fused-ring (bicyclic) bond motifs is 2. The number of halogens is 1. The molecule has 1 aliphatic rings. The minimum absolute atomic E-state index is 0.0573. The van der Waals surface area contributed by atoms with Gasteiger partial charge in [-0.05, 0) is 30.3 Å². The van der Waals surface area contributed by atoms with Crippen LogP contribution in [0.2, 0.25) is 5.02 Å². The van der Waals surface area contributed by atoms with Crippen LogP contribution in [0.3, 0.4) is 0 Å². The molecular formula is C13H9ClN2O3S. The summed E-state index contributed by atoms with van der Waals surface area (Å²) in [6, 6.07) is 10.6. The second-order valence-electron chi connectivity index (χ2n) is 4.25. The first-order chi connectivity index (χ1) is 9.47. The third-order valence-electron chi connectivity index (χ3n) is 2.90. The van der Waals surface area contributed by atoms with Gasteiger partial charge in [0.1, 0.15) is 4.90 Å². The maximum atomic E-state index is 12.3. The van der Waals surface area contributed by atoms with Crippen molar-refractivity contribution in [1.29, 1.82) is 0 Å². The number of rotatable bonds is 0. The standard InChI is InChI=1S/C13H9ClN2O3S/c14-8-5-6-10-11(7-8)15-13(17)9-3-1-2-4-12(9)20(18,19)16-10/h1-7,16H,(H,15,17). The Labute approximate surface area is 120 Å². The van der Waals surface area contributed by atoms with E-state index in [1.165, 1.54) is 24.3 Å². The quantitative estimate of drug-likeness (QED) is 0.785. The fourth-order valence-electron chi connectivity index (χ4n) is 1.99. The van der Waals surface area contributed by atoms with E-state index in [4.69, 9.17) is 11.6 Å². The Balaban J connectivity index is 2.25. The average Bonchev–Trinajstić information content (AvgIpc) is 2.41. The van der Waals surface area contributed by atoms with Gasteiger partial charge in [-0.15, -0.1) is 0 Å². The smallest absolute Gasteiger partial charge is 0.262 e. The van der Waals surface area contributed by atoms with Gasteiger partial charge < -0.3 is 5.32 Å². The topological polar surface area (TPSA) is 75.3 Å². The molecule has 0 spiro atoms. The summed E-state index contributed by atoms with van der Waals surface area (Å²) in [7, 11) is -3.81. The largest absolute Gasteiger partial charge is 0.320 e. The summed E-state index contributed by atoms with van der Waals surface area (Å²) >= 11 is 5.86. The zero-order valence-corrected chi connectivity index (χ0v) is 11.6. The van der Waals surface area contributed by atoms with E-state index in [1.807, 2.05) is 0 Å². The molecule has 1 heterocycles. The highest BCUT2D eigenvalue weighted by Gasteiger charge is 2.26. The molecule has 2 aromatic carbocycles. The highest BCUT2D eigenvalue weighted by molar-refractivity contribution is 7.92. The fourth-order valence-corrected chi connectivity index (χ4v) is 3.44. The van der Waals surface area contributed by atoms with E-state index in [-0.39, 0.29) is 16.1 Å². The van der Waals surface area contributed by atoms with Gasteiger partial charge in [-0.3, -0.25) is 9.52 Å². The number of sulfonamides is 1. The van der Waals surface area contributed by atoms with E-state index in [9.17, 15) is 13.2 Å². The monoisotopic (exact) mass is 308 g/mol. The van der Waals surface area contributed by atoms with Crippen molar-refractivity contribution in [2.75, 3.05) is 10.0 Å². The average molecular weight is 309 g/mol. The number of amides is 1. The number of hydrogen-bond acceptors (Lipinski definition) is 3. The molecule has 0 radical (unpaired) electrons. The third kappa shape index (κ3) is 2.13. The normalized spacial score (nSPS) is 15.9. The summed E-state index contributed by atoms with van der Waals surface area (Å²) in [5.74, 6) is -0.491. The highest BCUT2D eigenvalue weighted by Crippen LogP contribution is 2.31. The first kappa shape index (κ1) is 13.0. The van der Waals surface area contributed by atoms with E-state index >= 15 is 0 Å². The van der Waals surface area contributed by atoms with Gasteiger partial charge in [0.25, 0.3) is 15.9 Å². The Kier molecular flexibility index (Phi) is 2.92. The Morgan fingerprint density at radius 2 is 1.75 bits per heavy atom. The number of nitrogens with one attached hydrogen (secondary N) is 2. The zero-order chi connectivity index (χ0) is 14.3. The maximum Gasteiger partial charge on any atom is 0.262 e. The van der Waals surface area contributed by atoms with Gasteiger partial charge in [0.2, 0.25) is 0 Å². The number of anilines is 2. The lowest BCUT2D eigenvalue weighted by Gasteiger charge is -2.19. The Morgan fingerprint density at radius 3 is 2.55 bits per heavy atom. The lowest BCUT2D eigenvalue weighted by atomic mass is 10.2. The SMILES string of the molecule is O=C1Nc2cc(Cl)ccc2NS(=O)(=O)c2ccccc21. The number of benzene rings is 2. The molecule has 0 unspecified atom stereocenters. The molecule has 0 fully saturated rings. The molecule has 1 aliphatic heterocycles. The van der Waals surface area contributed by atoms with Crippen LogP contribution in [-0.4, -0.2) is 14.3 Å². The van der Waals surface area contributed by atoms with Crippen molar-refractivity contribution in [2.45, 2.75) is 4.90 Å². The van der Waals surface area contributed by atoms with Gasteiger partial charge in [-0.1, -0.05) is 23.7 Å². The Bertz CT molecular complexity index is 818. The minimum Gasteiger partial charge on any atom is -0.320 e. The molecule has 1 amide bonds. The lowest BCUT2D eigenvalue weighted by Crippen LogP contribution is -2.24. The Morgan fingerprint density at radius 1 is 1.00 bits per heavy atom. The van der Waals surface area contributed by atoms with E-state index in [0.29, 0.717) is 10.7 Å². The van der Waals surface area contributed by atoms with Crippen molar-refractivity contribution in [3.63, 3.8) is 0 Å². The van der Waals surface area contributed by atoms with Crippen LogP contribution in [0.1, 0.15) is 10.4 Å². The molecule has 0 aromatic heterocycles. The molecule has 20 heavy (non-hydrogen) atoms. The van der Waals surface area contributed by atoms with E-state index in [1.54, 1.807) is 18.2 Å². The molecule has 7 heteroatoms. The molecule has 0 bridgehead atoms. The van der Waals surface area contributed by atoms with Crippen molar-refractivity contribution < 1.29 is 13.2 Å². The number of carbonyl (C=O) groups is 1. The van der Waals surface area contributed by atoms with E-state index < -0.39 is 15.9 Å². The molecule has 0 atom stereocenters. The molecule has 0 saturated carbocycles. The van der Waals surface area contributed by atoms with Crippen LogP contribution in [0.4, 0.5) is 11.4 Å². The van der Waals surface area contributed by atoms with Crippen molar-refractivity contribution in [2.24, 2.45) is 0 Å². The third-order valence-corrected chi connectivity index (χ3v) is 4.55. The van der Waals surface area contributed by atoms with Crippen LogP contribution in [0, 0.1) is 0 Å². The number of hydrogen-bond donors (Lipinski definition) is 2. The summed E-state index contributed by atoms with van der Waals surface area (Å²) in [4.78, 5) is 12.1. The van der Waals surface area contributed by atoms with Crippen LogP contribution in [0.25, 0.3) is 0 Å². The summed E-state index contributed by atoms with van der Waals surface area (Å²) in [5, 5.41) is 3.05. The van der Waals surface area contributed by atoms with E-state index in [0.717, 1.165) is 0 Å². The first-order valence-electron chi connectivity index (χ1n) is 5.70. The fraction of sp³-hybridized carbons (Fsp3) is 0. The van der Waals surface area contributed by atoms with Crippen LogP contribution in [0.15, 0.2) is 47.4 Å². The van der Waals surface area contributed by atoms with Crippen molar-refractivity contribution in [3.8, 4) is 0 Å². The molecule has 2 aromatic rings. The van der Waals surface area contributed by atoms with Gasteiger partial charge in [-0.25, -0.2) is 8.42 Å². The Hall–Kier alpha value is -2.05. The van der Waals surface area contributed by atoms with Gasteiger partial charge in [-0.2, -0.15) is 0 Å². The van der Waals surface area contributed by atoms with Crippen LogP contribution >= 0.6 is 11.6 Å². The van der Waals surface area contributed by atoms with E-state index in [2.05, 4.69) is 10.0 Å². The van der Waals surface area contributed by atoms with Gasteiger partial charge in [0.05, 0.1) is 16.9 Å². The van der Waals surface area contributed by atoms with Gasteiger partial charge >= 0.3 is 0 Å². The summed E-state index contributed by atoms with van der Waals surface area (Å²) in [6.45, 7) is 0. The van der Waals surface area contributed by atoms with Gasteiger partial charge in [0.15, 0.2) is 0 Å². The van der Waals surface area contributed by atoms with Crippen LogP contribution < -0.4 is 10.0 Å². The zero-order valence-electron chi connectivity index (χ0n) is 10.1. The summed E-state index contributed by atoms with van der Waals surface area (Å²) in [6.07, 6.45) is 0. The predicted octanol–water partition coefficient (Wildman–Crippen LogP) is 2.71. The minimum atomic E-state index is -3.81. The molecule has 0 saturated heterocycles. The summed E-state index contributed by atoms with van der Waals surface area (Å²) in [5.41, 5.74) is 0.684. The molecule has 3 rings (SSSR count). The number of carbonyl (C=O) groups excluding carboxylic acids is 1. The maximum absolute atomic E-state index is 12.3. The molecular weight excluding hydrogens is 300 g/mol. The van der Waals surface area contributed by atoms with Crippen molar-refractivity contribution in [1.82, 2.24) is 0 Å². The predicted molar refractivity (Wildman–Crippen MR) is 76.7 cm³/mol. The summed E-state index contributed by atoms with van der Waals surface area (Å²) < 4.78 is 27.1. The molecule has 5 nitrogen and oxygen atoms in total. The van der Waals surface area contributed by atoms with Crippen LogP contribution in [-0.2, 0) is 10.0 Å². The van der Waals surface area contributed by atoms with Crippen LogP contribution in [0.5, 0.6) is 0 Å². The van der Waals surface area contributed by atoms with Crippen molar-refractivity contribution in [3.05, 3.63) is 53.1 Å². The first-order valence-corrected chi connectivity index (χ1v) is 7.56. The van der Waals surface area contributed by atoms with Crippen molar-refractivity contribution >= 4 is 38.9 Å². The van der Waals surface area contributed by atoms with Gasteiger partial charge in [0, 0.05) is 5.02 Å². The highest BCUT2D eigenvalue weighted by atomic mass is 35.5.